The third kappa shape index (κ3) is 3.44. The second-order valence-electron chi connectivity index (χ2n) is 9.41. The van der Waals surface area contributed by atoms with E-state index in [-0.39, 0.29) is 5.91 Å². The van der Waals surface area contributed by atoms with Crippen molar-refractivity contribution in [3.05, 3.63) is 40.5 Å². The van der Waals surface area contributed by atoms with Crippen molar-refractivity contribution in [3.63, 3.8) is 0 Å². The Morgan fingerprint density at radius 3 is 2.78 bits per heavy atom. The van der Waals surface area contributed by atoms with Gasteiger partial charge in [0.25, 0.3) is 0 Å². The molecule has 4 aromatic heterocycles. The van der Waals surface area contributed by atoms with Gasteiger partial charge >= 0.3 is 0 Å². The SMILES string of the molecule is Cc1c(C2CCN(CC(N)=O)CC2)sc2[nH]c(-c3cn(C)c4ncccc34)c(C(C)C)c12. The van der Waals surface area contributed by atoms with Crippen molar-refractivity contribution in [1.29, 1.82) is 0 Å². The highest BCUT2D eigenvalue weighted by Gasteiger charge is 2.28. The fraction of sp³-hybridized carbons (Fsp3) is 0.440. The van der Waals surface area contributed by atoms with Gasteiger partial charge in [0, 0.05) is 40.7 Å². The molecule has 0 spiro atoms. The van der Waals surface area contributed by atoms with Gasteiger partial charge in [-0.15, -0.1) is 11.3 Å². The number of hydrogen-bond donors (Lipinski definition) is 2. The molecule has 0 bridgehead atoms. The summed E-state index contributed by atoms with van der Waals surface area (Å²) < 4.78 is 2.11. The van der Waals surface area contributed by atoms with Gasteiger partial charge in [0.1, 0.15) is 10.5 Å². The Bertz CT molecular complexity index is 1300. The first-order valence-electron chi connectivity index (χ1n) is 11.4. The zero-order valence-corrected chi connectivity index (χ0v) is 20.1. The van der Waals surface area contributed by atoms with Gasteiger partial charge in [-0.1, -0.05) is 13.8 Å². The number of rotatable bonds is 5. The van der Waals surface area contributed by atoms with Crippen LogP contribution in [0.1, 0.15) is 54.5 Å². The van der Waals surface area contributed by atoms with Crippen LogP contribution in [0, 0.1) is 6.92 Å². The Kier molecular flexibility index (Phi) is 5.34. The van der Waals surface area contributed by atoms with Crippen molar-refractivity contribution in [2.45, 2.75) is 45.4 Å². The lowest BCUT2D eigenvalue weighted by Crippen LogP contribution is -2.39. The summed E-state index contributed by atoms with van der Waals surface area (Å²) in [5.74, 6) is 0.723. The molecule has 4 aromatic rings. The molecule has 1 aliphatic heterocycles. The molecule has 7 heteroatoms. The van der Waals surface area contributed by atoms with E-state index in [4.69, 9.17) is 5.73 Å². The van der Waals surface area contributed by atoms with E-state index in [0.717, 1.165) is 31.6 Å². The first-order chi connectivity index (χ1) is 15.3. The van der Waals surface area contributed by atoms with E-state index in [1.54, 1.807) is 0 Å². The van der Waals surface area contributed by atoms with Crippen LogP contribution in [0.4, 0.5) is 0 Å². The molecule has 0 saturated carbocycles. The molecule has 3 N–H and O–H groups in total. The Morgan fingerprint density at radius 2 is 2.09 bits per heavy atom. The standard InChI is InChI=1S/C25H31N5OS/c1-14(2)20-21-15(3)23(16-7-10-30(11-8-16)13-19(26)31)32-25(21)28-22(20)18-12-29(4)24-17(18)6-5-9-27-24/h5-6,9,12,14,16,28H,7-8,10-11,13H2,1-4H3,(H2,26,31). The third-order valence-corrected chi connectivity index (χ3v) is 8.25. The molecule has 1 saturated heterocycles. The van der Waals surface area contributed by atoms with Crippen LogP contribution < -0.4 is 5.73 Å². The van der Waals surface area contributed by atoms with Gasteiger partial charge in [0.2, 0.25) is 5.91 Å². The molecule has 5 heterocycles. The van der Waals surface area contributed by atoms with Crippen molar-refractivity contribution < 1.29 is 4.79 Å². The van der Waals surface area contributed by atoms with Gasteiger partial charge in [-0.05, 0) is 68.0 Å². The second-order valence-corrected chi connectivity index (χ2v) is 10.5. The fourth-order valence-electron chi connectivity index (χ4n) is 5.41. The number of hydrogen-bond acceptors (Lipinski definition) is 4. The van der Waals surface area contributed by atoms with E-state index in [0.29, 0.717) is 18.4 Å². The van der Waals surface area contributed by atoms with Gasteiger partial charge in [0.15, 0.2) is 0 Å². The third-order valence-electron chi connectivity index (χ3n) is 6.88. The average molecular weight is 450 g/mol. The zero-order valence-electron chi connectivity index (χ0n) is 19.2. The largest absolute Gasteiger partial charge is 0.369 e. The predicted octanol–water partition coefficient (Wildman–Crippen LogP) is 4.88. The first kappa shape index (κ1) is 21.2. The highest BCUT2D eigenvalue weighted by molar-refractivity contribution is 7.19. The maximum absolute atomic E-state index is 11.3. The number of nitrogens with two attached hydrogens (primary N) is 1. The van der Waals surface area contributed by atoms with Gasteiger partial charge in [-0.3, -0.25) is 9.69 Å². The number of likely N-dealkylation sites (tertiary alicyclic amines) is 1. The number of fused-ring (bicyclic) bond motifs is 2. The molecule has 1 amide bonds. The minimum atomic E-state index is -0.234. The Labute approximate surface area is 192 Å². The minimum Gasteiger partial charge on any atom is -0.369 e. The summed E-state index contributed by atoms with van der Waals surface area (Å²) in [6, 6.07) is 4.18. The van der Waals surface area contributed by atoms with E-state index < -0.39 is 0 Å². The molecule has 168 valence electrons. The number of aromatic amines is 1. The smallest absolute Gasteiger partial charge is 0.231 e. The number of amides is 1. The molecule has 0 aliphatic carbocycles. The van der Waals surface area contributed by atoms with Crippen LogP contribution in [0.15, 0.2) is 24.5 Å². The van der Waals surface area contributed by atoms with Crippen LogP contribution in [0.2, 0.25) is 0 Å². The number of carbonyl (C=O) groups excluding carboxylic acids is 1. The highest BCUT2D eigenvalue weighted by atomic mass is 32.1. The summed E-state index contributed by atoms with van der Waals surface area (Å²) >= 11 is 1.92. The summed E-state index contributed by atoms with van der Waals surface area (Å²) in [5.41, 5.74) is 11.7. The molecule has 32 heavy (non-hydrogen) atoms. The number of piperidine rings is 1. The number of thiophene rings is 1. The maximum Gasteiger partial charge on any atom is 0.231 e. The Balaban J connectivity index is 1.56. The van der Waals surface area contributed by atoms with E-state index in [2.05, 4.69) is 59.5 Å². The number of pyridine rings is 1. The number of primary amides is 1. The maximum atomic E-state index is 11.3. The number of carbonyl (C=O) groups is 1. The predicted molar refractivity (Wildman–Crippen MR) is 132 cm³/mol. The Morgan fingerprint density at radius 1 is 1.34 bits per heavy atom. The normalized spacial score (nSPS) is 16.0. The molecule has 1 aliphatic rings. The monoisotopic (exact) mass is 449 g/mol. The molecule has 0 atom stereocenters. The van der Waals surface area contributed by atoms with Gasteiger partial charge in [0.05, 0.1) is 12.2 Å². The molecule has 0 unspecified atom stereocenters. The lowest BCUT2D eigenvalue weighted by Gasteiger charge is -2.31. The van der Waals surface area contributed by atoms with E-state index in [9.17, 15) is 4.79 Å². The number of nitrogens with one attached hydrogen (secondary N) is 1. The lowest BCUT2D eigenvalue weighted by atomic mass is 9.90. The summed E-state index contributed by atoms with van der Waals surface area (Å²) in [6.07, 6.45) is 6.21. The van der Waals surface area contributed by atoms with E-state index >= 15 is 0 Å². The average Bonchev–Trinajstić information content (AvgIpc) is 3.39. The van der Waals surface area contributed by atoms with Crippen LogP contribution in [-0.2, 0) is 11.8 Å². The molecule has 5 rings (SSSR count). The number of aryl methyl sites for hydroxylation is 2. The Hall–Kier alpha value is -2.64. The number of nitrogens with zero attached hydrogens (tertiary/aromatic N) is 3. The van der Waals surface area contributed by atoms with Crippen molar-refractivity contribution in [1.82, 2.24) is 19.4 Å². The van der Waals surface area contributed by atoms with Crippen molar-refractivity contribution >= 4 is 38.5 Å². The second kappa shape index (κ2) is 8.05. The number of H-pyrrole nitrogens is 1. The molecule has 0 aromatic carbocycles. The van der Waals surface area contributed by atoms with E-state index in [1.165, 1.54) is 42.9 Å². The van der Waals surface area contributed by atoms with Gasteiger partial charge < -0.3 is 15.3 Å². The summed E-state index contributed by atoms with van der Waals surface area (Å²) in [4.78, 5) is 24.6. The lowest BCUT2D eigenvalue weighted by molar-refractivity contribution is -0.119. The van der Waals surface area contributed by atoms with Crippen molar-refractivity contribution in [2.75, 3.05) is 19.6 Å². The zero-order chi connectivity index (χ0) is 22.6. The topological polar surface area (TPSA) is 79.9 Å². The fourth-order valence-corrected chi connectivity index (χ4v) is 6.81. The number of aromatic nitrogens is 3. The van der Waals surface area contributed by atoms with Gasteiger partial charge in [-0.25, -0.2) is 4.98 Å². The van der Waals surface area contributed by atoms with Crippen molar-refractivity contribution in [3.8, 4) is 11.3 Å². The summed E-state index contributed by atoms with van der Waals surface area (Å²) in [7, 11) is 2.06. The first-order valence-corrected chi connectivity index (χ1v) is 12.2. The molecular formula is C25H31N5OS. The molecule has 1 fully saturated rings. The van der Waals surface area contributed by atoms with Crippen LogP contribution in [0.3, 0.4) is 0 Å². The van der Waals surface area contributed by atoms with Crippen LogP contribution in [-0.4, -0.2) is 45.0 Å². The summed E-state index contributed by atoms with van der Waals surface area (Å²) in [6.45, 7) is 9.10. The summed E-state index contributed by atoms with van der Waals surface area (Å²) in [5, 5.41) is 2.58. The van der Waals surface area contributed by atoms with Crippen LogP contribution in [0.25, 0.3) is 32.5 Å². The molecule has 0 radical (unpaired) electrons. The van der Waals surface area contributed by atoms with Crippen LogP contribution in [0.5, 0.6) is 0 Å². The quantitative estimate of drug-likeness (QED) is 0.456. The molecule has 6 nitrogen and oxygen atoms in total. The minimum absolute atomic E-state index is 0.234. The van der Waals surface area contributed by atoms with E-state index in [1.807, 2.05) is 23.6 Å². The highest BCUT2D eigenvalue weighted by Crippen LogP contribution is 2.46. The van der Waals surface area contributed by atoms with Gasteiger partial charge in [-0.2, -0.15) is 0 Å². The molecular weight excluding hydrogens is 418 g/mol. The van der Waals surface area contributed by atoms with Crippen LogP contribution >= 0.6 is 11.3 Å². The van der Waals surface area contributed by atoms with Crippen molar-refractivity contribution in [2.24, 2.45) is 12.8 Å².